The van der Waals surface area contributed by atoms with E-state index in [1.165, 1.54) is 24.8 Å². The van der Waals surface area contributed by atoms with Gasteiger partial charge >= 0.3 is 0 Å². The van der Waals surface area contributed by atoms with Crippen LogP contribution in [0, 0.1) is 5.92 Å². The van der Waals surface area contributed by atoms with Crippen LogP contribution in [0.25, 0.3) is 11.5 Å². The summed E-state index contributed by atoms with van der Waals surface area (Å²) in [6.45, 7) is 3.24. The molecule has 1 aliphatic carbocycles. The molecule has 1 aliphatic rings. The van der Waals surface area contributed by atoms with E-state index in [0.717, 1.165) is 30.3 Å². The molecule has 0 radical (unpaired) electrons. The SMILES string of the molecule is CNCCc1ccccc1-c1nc(C2CCC(C)C2)no1. The van der Waals surface area contributed by atoms with E-state index in [2.05, 4.69) is 40.6 Å². The zero-order valence-corrected chi connectivity index (χ0v) is 12.8. The lowest BCUT2D eigenvalue weighted by molar-refractivity contribution is 0.414. The Kier molecular flexibility index (Phi) is 4.34. The Hall–Kier alpha value is -1.68. The molecule has 2 aromatic rings. The summed E-state index contributed by atoms with van der Waals surface area (Å²) in [5.74, 6) is 2.80. The fraction of sp³-hybridized carbons (Fsp3) is 0.529. The fourth-order valence-electron chi connectivity index (χ4n) is 3.16. The molecule has 3 rings (SSSR count). The molecule has 1 saturated carbocycles. The van der Waals surface area contributed by atoms with Crippen molar-refractivity contribution in [1.29, 1.82) is 0 Å². The minimum absolute atomic E-state index is 0.474. The van der Waals surface area contributed by atoms with Crippen molar-refractivity contribution < 1.29 is 4.52 Å². The van der Waals surface area contributed by atoms with Gasteiger partial charge in [0, 0.05) is 11.5 Å². The van der Waals surface area contributed by atoms with Gasteiger partial charge < -0.3 is 9.84 Å². The van der Waals surface area contributed by atoms with E-state index in [9.17, 15) is 0 Å². The maximum atomic E-state index is 5.54. The van der Waals surface area contributed by atoms with Gasteiger partial charge in [-0.05, 0) is 56.8 Å². The standard InChI is InChI=1S/C17H23N3O/c1-12-7-8-14(11-12)16-19-17(21-20-16)15-6-4-3-5-13(15)9-10-18-2/h3-6,12,14,18H,7-11H2,1-2H3. The van der Waals surface area contributed by atoms with Crippen LogP contribution < -0.4 is 5.32 Å². The maximum absolute atomic E-state index is 5.54. The third-order valence-electron chi connectivity index (χ3n) is 4.39. The molecular formula is C17H23N3O. The summed E-state index contributed by atoms with van der Waals surface area (Å²) in [6.07, 6.45) is 4.60. The highest BCUT2D eigenvalue weighted by molar-refractivity contribution is 5.58. The highest BCUT2D eigenvalue weighted by atomic mass is 16.5. The number of likely N-dealkylation sites (N-methyl/N-ethyl adjacent to an activating group) is 1. The van der Waals surface area contributed by atoms with Crippen LogP contribution in [0.1, 0.15) is 43.5 Å². The van der Waals surface area contributed by atoms with Gasteiger partial charge in [-0.15, -0.1) is 0 Å². The summed E-state index contributed by atoms with van der Waals surface area (Å²) in [5, 5.41) is 7.41. The van der Waals surface area contributed by atoms with Crippen molar-refractivity contribution in [2.24, 2.45) is 5.92 Å². The molecule has 21 heavy (non-hydrogen) atoms. The maximum Gasteiger partial charge on any atom is 0.258 e. The topological polar surface area (TPSA) is 51.0 Å². The Balaban J connectivity index is 1.83. The normalized spacial score (nSPS) is 21.8. The molecule has 0 aliphatic heterocycles. The second-order valence-corrected chi connectivity index (χ2v) is 6.08. The smallest absolute Gasteiger partial charge is 0.258 e. The fourth-order valence-corrected chi connectivity index (χ4v) is 3.16. The minimum Gasteiger partial charge on any atom is -0.334 e. The van der Waals surface area contributed by atoms with Crippen LogP contribution >= 0.6 is 0 Å². The quantitative estimate of drug-likeness (QED) is 0.914. The first-order valence-corrected chi connectivity index (χ1v) is 7.84. The summed E-state index contributed by atoms with van der Waals surface area (Å²) in [6, 6.07) is 8.29. The van der Waals surface area contributed by atoms with E-state index in [-0.39, 0.29) is 0 Å². The summed E-state index contributed by atoms with van der Waals surface area (Å²) < 4.78 is 5.54. The zero-order chi connectivity index (χ0) is 14.7. The van der Waals surface area contributed by atoms with Crippen LogP contribution in [0.2, 0.25) is 0 Å². The number of benzene rings is 1. The molecule has 0 saturated heterocycles. The Morgan fingerprint density at radius 3 is 2.90 bits per heavy atom. The van der Waals surface area contributed by atoms with Crippen LogP contribution in [0.3, 0.4) is 0 Å². The average molecular weight is 285 g/mol. The Morgan fingerprint density at radius 2 is 2.14 bits per heavy atom. The Bertz CT molecular complexity index is 593. The van der Waals surface area contributed by atoms with Crippen molar-refractivity contribution in [3.05, 3.63) is 35.7 Å². The minimum atomic E-state index is 0.474. The van der Waals surface area contributed by atoms with Crippen molar-refractivity contribution in [3.63, 3.8) is 0 Å². The van der Waals surface area contributed by atoms with E-state index >= 15 is 0 Å². The molecular weight excluding hydrogens is 262 g/mol. The lowest BCUT2D eigenvalue weighted by atomic mass is 10.0. The summed E-state index contributed by atoms with van der Waals surface area (Å²) in [4.78, 5) is 4.67. The Labute approximate surface area is 126 Å². The van der Waals surface area contributed by atoms with Crippen LogP contribution in [-0.4, -0.2) is 23.7 Å². The van der Waals surface area contributed by atoms with Gasteiger partial charge in [0.2, 0.25) is 0 Å². The van der Waals surface area contributed by atoms with E-state index in [4.69, 9.17) is 4.52 Å². The van der Waals surface area contributed by atoms with Crippen LogP contribution in [-0.2, 0) is 6.42 Å². The first-order valence-electron chi connectivity index (χ1n) is 7.84. The number of aromatic nitrogens is 2. The van der Waals surface area contributed by atoms with Crippen molar-refractivity contribution in [3.8, 4) is 11.5 Å². The number of nitrogens with one attached hydrogen (secondary N) is 1. The van der Waals surface area contributed by atoms with Gasteiger partial charge in [-0.2, -0.15) is 4.98 Å². The van der Waals surface area contributed by atoms with Crippen LogP contribution in [0.15, 0.2) is 28.8 Å². The second kappa shape index (κ2) is 6.39. The third kappa shape index (κ3) is 3.16. The van der Waals surface area contributed by atoms with Crippen molar-refractivity contribution in [1.82, 2.24) is 15.5 Å². The van der Waals surface area contributed by atoms with Crippen LogP contribution in [0.5, 0.6) is 0 Å². The van der Waals surface area contributed by atoms with E-state index in [1.807, 2.05) is 13.1 Å². The number of hydrogen-bond donors (Lipinski definition) is 1. The van der Waals surface area contributed by atoms with Gasteiger partial charge in [-0.25, -0.2) is 0 Å². The number of nitrogens with zero attached hydrogens (tertiary/aromatic N) is 2. The molecule has 1 N–H and O–H groups in total. The van der Waals surface area contributed by atoms with Gasteiger partial charge in [0.05, 0.1) is 0 Å². The highest BCUT2D eigenvalue weighted by Crippen LogP contribution is 2.37. The monoisotopic (exact) mass is 285 g/mol. The van der Waals surface area contributed by atoms with Gasteiger partial charge in [-0.3, -0.25) is 0 Å². The number of rotatable bonds is 5. The lowest BCUT2D eigenvalue weighted by Crippen LogP contribution is -2.10. The molecule has 1 fully saturated rings. The average Bonchev–Trinajstić information content (AvgIpc) is 3.14. The van der Waals surface area contributed by atoms with Gasteiger partial charge in [0.15, 0.2) is 5.82 Å². The largest absolute Gasteiger partial charge is 0.334 e. The van der Waals surface area contributed by atoms with Crippen molar-refractivity contribution in [2.45, 2.75) is 38.5 Å². The van der Waals surface area contributed by atoms with E-state index in [0.29, 0.717) is 11.8 Å². The molecule has 2 unspecified atom stereocenters. The summed E-state index contributed by atoms with van der Waals surface area (Å²) in [5.41, 5.74) is 2.32. The summed E-state index contributed by atoms with van der Waals surface area (Å²) >= 11 is 0. The number of hydrogen-bond acceptors (Lipinski definition) is 4. The van der Waals surface area contributed by atoms with Gasteiger partial charge in [0.1, 0.15) is 0 Å². The molecule has 1 heterocycles. The molecule has 1 aromatic heterocycles. The highest BCUT2D eigenvalue weighted by Gasteiger charge is 2.27. The molecule has 0 bridgehead atoms. The third-order valence-corrected chi connectivity index (χ3v) is 4.39. The molecule has 1 aromatic carbocycles. The molecule has 0 amide bonds. The molecule has 4 nitrogen and oxygen atoms in total. The van der Waals surface area contributed by atoms with E-state index < -0.39 is 0 Å². The van der Waals surface area contributed by atoms with E-state index in [1.54, 1.807) is 0 Å². The molecule has 112 valence electrons. The predicted octanol–water partition coefficient (Wildman–Crippen LogP) is 3.40. The first-order chi connectivity index (χ1) is 10.3. The lowest BCUT2D eigenvalue weighted by Gasteiger charge is -2.05. The second-order valence-electron chi connectivity index (χ2n) is 6.08. The summed E-state index contributed by atoms with van der Waals surface area (Å²) in [7, 11) is 1.97. The molecule has 0 spiro atoms. The van der Waals surface area contributed by atoms with Gasteiger partial charge in [0.25, 0.3) is 5.89 Å². The molecule has 2 atom stereocenters. The molecule has 4 heteroatoms. The van der Waals surface area contributed by atoms with Crippen LogP contribution in [0.4, 0.5) is 0 Å². The Morgan fingerprint density at radius 1 is 1.29 bits per heavy atom. The zero-order valence-electron chi connectivity index (χ0n) is 12.8. The van der Waals surface area contributed by atoms with Crippen molar-refractivity contribution in [2.75, 3.05) is 13.6 Å². The predicted molar refractivity (Wildman–Crippen MR) is 83.1 cm³/mol. The first kappa shape index (κ1) is 14.3. The van der Waals surface area contributed by atoms with Crippen molar-refractivity contribution >= 4 is 0 Å². The van der Waals surface area contributed by atoms with Gasteiger partial charge in [-0.1, -0.05) is 30.3 Å².